The lowest BCUT2D eigenvalue weighted by molar-refractivity contribution is -0.0444. The van der Waals surface area contributed by atoms with Crippen molar-refractivity contribution in [3.8, 4) is 11.5 Å². The Hall–Kier alpha value is -2.82. The lowest BCUT2D eigenvalue weighted by atomic mass is 9.79. The van der Waals surface area contributed by atoms with Crippen LogP contribution in [0.25, 0.3) is 0 Å². The second kappa shape index (κ2) is 8.27. The number of hydrogen-bond donors (Lipinski definition) is 1. The van der Waals surface area contributed by atoms with Crippen molar-refractivity contribution in [2.45, 2.75) is 31.0 Å². The summed E-state index contributed by atoms with van der Waals surface area (Å²) in [7, 11) is 3.35. The Morgan fingerprint density at radius 2 is 1.31 bits per heavy atom. The van der Waals surface area contributed by atoms with Gasteiger partial charge in [0, 0.05) is 5.41 Å². The lowest BCUT2D eigenvalue weighted by Crippen LogP contribution is -2.37. The van der Waals surface area contributed by atoms with E-state index in [4.69, 9.17) is 14.2 Å². The zero-order valence-electron chi connectivity index (χ0n) is 18.7. The maximum Gasteiger partial charge on any atom is 0.143 e. The van der Waals surface area contributed by atoms with Gasteiger partial charge >= 0.3 is 0 Å². The molecule has 4 heteroatoms. The van der Waals surface area contributed by atoms with Gasteiger partial charge in [-0.05, 0) is 66.1 Å². The van der Waals surface area contributed by atoms with Crippen LogP contribution in [0.15, 0.2) is 78.9 Å². The molecule has 0 bridgehead atoms. The Morgan fingerprint density at radius 3 is 1.75 bits per heavy atom. The topological polar surface area (TPSA) is 47.9 Å². The van der Waals surface area contributed by atoms with Crippen molar-refractivity contribution in [1.29, 1.82) is 0 Å². The smallest absolute Gasteiger partial charge is 0.143 e. The summed E-state index contributed by atoms with van der Waals surface area (Å²) in [4.78, 5) is 0. The number of benzene rings is 3. The number of ether oxygens (including phenoxy) is 3. The van der Waals surface area contributed by atoms with E-state index in [9.17, 15) is 5.11 Å². The predicted molar refractivity (Wildman–Crippen MR) is 124 cm³/mol. The summed E-state index contributed by atoms with van der Waals surface area (Å²) < 4.78 is 17.8. The van der Waals surface area contributed by atoms with Crippen LogP contribution in [0.4, 0.5) is 0 Å². The Balaban J connectivity index is 1.65. The van der Waals surface area contributed by atoms with Gasteiger partial charge in [-0.1, -0.05) is 54.6 Å². The summed E-state index contributed by atoms with van der Waals surface area (Å²) in [6.07, 6.45) is 2.73. The molecule has 1 N–H and O–H groups in total. The highest BCUT2D eigenvalue weighted by molar-refractivity contribution is 5.49. The van der Waals surface area contributed by atoms with E-state index in [0.717, 1.165) is 47.5 Å². The van der Waals surface area contributed by atoms with Crippen molar-refractivity contribution in [1.82, 2.24) is 0 Å². The summed E-state index contributed by atoms with van der Waals surface area (Å²) >= 11 is 0. The molecule has 0 heterocycles. The van der Waals surface area contributed by atoms with Crippen LogP contribution in [0.5, 0.6) is 11.5 Å². The Kier molecular flexibility index (Phi) is 5.44. The summed E-state index contributed by atoms with van der Waals surface area (Å²) in [6.45, 7) is 0.520. The Bertz CT molecular complexity index is 998. The number of rotatable bonds is 8. The van der Waals surface area contributed by atoms with Crippen LogP contribution in [0.2, 0.25) is 0 Å². The minimum atomic E-state index is -0.815. The third-order valence-corrected chi connectivity index (χ3v) is 7.46. The van der Waals surface area contributed by atoms with Crippen molar-refractivity contribution in [2.24, 2.45) is 11.3 Å². The zero-order valence-corrected chi connectivity index (χ0v) is 18.7. The van der Waals surface area contributed by atoms with E-state index in [1.165, 1.54) is 0 Å². The highest BCUT2D eigenvalue weighted by Crippen LogP contribution is 2.64. The molecule has 3 aromatic carbocycles. The third kappa shape index (κ3) is 3.39. The molecule has 3 atom stereocenters. The Labute approximate surface area is 189 Å². The van der Waals surface area contributed by atoms with Crippen molar-refractivity contribution < 1.29 is 19.3 Å². The first-order valence-corrected chi connectivity index (χ1v) is 11.3. The second-order valence-corrected chi connectivity index (χ2v) is 9.02. The van der Waals surface area contributed by atoms with Gasteiger partial charge in [-0.3, -0.25) is 0 Å². The van der Waals surface area contributed by atoms with Crippen molar-refractivity contribution >= 4 is 0 Å². The maximum atomic E-state index is 10.7. The number of hydrogen-bond acceptors (Lipinski definition) is 4. The molecule has 3 aromatic rings. The normalized spacial score (nSPS) is 24.1. The summed E-state index contributed by atoms with van der Waals surface area (Å²) in [5.41, 5.74) is 2.17. The van der Waals surface area contributed by atoms with Gasteiger partial charge < -0.3 is 19.3 Å². The predicted octanol–water partition coefficient (Wildman–Crippen LogP) is 5.17. The fourth-order valence-corrected chi connectivity index (χ4v) is 5.43. The van der Waals surface area contributed by atoms with Gasteiger partial charge in [-0.2, -0.15) is 0 Å². The molecule has 0 unspecified atom stereocenters. The Morgan fingerprint density at radius 1 is 0.781 bits per heavy atom. The standard InChI is InChI=1S/C28H30O4/c1-30-24-13-8-21(9-14-24)28(20-6-4-3-5-7-20,22-10-15-25(31-2)16-11-22)32-19-27-18-23(27)12-17-26(27)29/h3-11,13-16,23,26,29H,12,17-19H2,1-2H3/t23-,26-,27-/m0/s1. The SMILES string of the molecule is COc1ccc(C(OC[C@@]23C[C@@H]2CC[C@@H]3O)(c2ccccc2)c2ccc(OC)cc2)cc1. The molecule has 2 saturated carbocycles. The van der Waals surface area contributed by atoms with Crippen LogP contribution in [0, 0.1) is 11.3 Å². The van der Waals surface area contributed by atoms with Gasteiger partial charge in [0.1, 0.15) is 17.1 Å². The van der Waals surface area contributed by atoms with Crippen molar-refractivity contribution in [2.75, 3.05) is 20.8 Å². The van der Waals surface area contributed by atoms with Crippen LogP contribution in [0.3, 0.4) is 0 Å². The molecule has 2 aliphatic rings. The first-order chi connectivity index (χ1) is 15.6. The number of aliphatic hydroxyl groups is 1. The quantitative estimate of drug-likeness (QED) is 0.501. The average Bonchev–Trinajstić information content (AvgIpc) is 3.50. The molecular formula is C28H30O4. The van der Waals surface area contributed by atoms with E-state index in [2.05, 4.69) is 36.4 Å². The fraction of sp³-hybridized carbons (Fsp3) is 0.357. The highest BCUT2D eigenvalue weighted by atomic mass is 16.5. The molecule has 0 amide bonds. The molecule has 0 radical (unpaired) electrons. The molecule has 0 saturated heterocycles. The minimum absolute atomic E-state index is 0.112. The molecule has 0 aliphatic heterocycles. The first-order valence-electron chi connectivity index (χ1n) is 11.3. The first kappa shape index (κ1) is 21.0. The van der Waals surface area contributed by atoms with Crippen LogP contribution >= 0.6 is 0 Å². The monoisotopic (exact) mass is 430 g/mol. The summed E-state index contributed by atoms with van der Waals surface area (Å²) in [6, 6.07) is 26.5. The zero-order chi connectivity index (χ0) is 22.2. The van der Waals surface area contributed by atoms with Gasteiger partial charge in [0.2, 0.25) is 0 Å². The van der Waals surface area contributed by atoms with E-state index in [0.29, 0.717) is 12.5 Å². The van der Waals surface area contributed by atoms with E-state index < -0.39 is 5.60 Å². The highest BCUT2D eigenvalue weighted by Gasteiger charge is 2.63. The molecule has 0 aromatic heterocycles. The molecule has 0 spiro atoms. The van der Waals surface area contributed by atoms with E-state index >= 15 is 0 Å². The van der Waals surface area contributed by atoms with Gasteiger partial charge in [-0.15, -0.1) is 0 Å². The maximum absolute atomic E-state index is 10.7. The summed E-state index contributed by atoms with van der Waals surface area (Å²) in [5.74, 6) is 2.17. The summed E-state index contributed by atoms with van der Waals surface area (Å²) in [5, 5.41) is 10.7. The molecule has 4 nitrogen and oxygen atoms in total. The van der Waals surface area contributed by atoms with Crippen molar-refractivity contribution in [3.05, 3.63) is 95.6 Å². The third-order valence-electron chi connectivity index (χ3n) is 7.46. The molecule has 2 fully saturated rings. The average molecular weight is 431 g/mol. The van der Waals surface area contributed by atoms with E-state index in [-0.39, 0.29) is 11.5 Å². The lowest BCUT2D eigenvalue weighted by Gasteiger charge is -2.37. The van der Waals surface area contributed by atoms with Crippen LogP contribution in [-0.4, -0.2) is 32.0 Å². The largest absolute Gasteiger partial charge is 0.497 e. The molecule has 32 heavy (non-hydrogen) atoms. The number of aliphatic hydroxyl groups excluding tert-OH is 1. The second-order valence-electron chi connectivity index (χ2n) is 9.02. The van der Waals surface area contributed by atoms with Gasteiger partial charge in [0.25, 0.3) is 0 Å². The molecule has 5 rings (SSSR count). The van der Waals surface area contributed by atoms with E-state index in [1.54, 1.807) is 14.2 Å². The van der Waals surface area contributed by atoms with Gasteiger partial charge in [0.15, 0.2) is 0 Å². The molecule has 166 valence electrons. The number of fused-ring (bicyclic) bond motifs is 1. The van der Waals surface area contributed by atoms with Crippen LogP contribution in [-0.2, 0) is 10.3 Å². The molecular weight excluding hydrogens is 400 g/mol. The minimum Gasteiger partial charge on any atom is -0.497 e. The van der Waals surface area contributed by atoms with Crippen LogP contribution < -0.4 is 9.47 Å². The van der Waals surface area contributed by atoms with Gasteiger partial charge in [0.05, 0.1) is 26.9 Å². The molecule has 2 aliphatic carbocycles. The number of methoxy groups -OCH3 is 2. The van der Waals surface area contributed by atoms with Crippen LogP contribution in [0.1, 0.15) is 36.0 Å². The van der Waals surface area contributed by atoms with Gasteiger partial charge in [-0.25, -0.2) is 0 Å². The van der Waals surface area contributed by atoms with Crippen molar-refractivity contribution in [3.63, 3.8) is 0 Å². The van der Waals surface area contributed by atoms with E-state index in [1.807, 2.05) is 42.5 Å². The fourth-order valence-electron chi connectivity index (χ4n) is 5.43.